The summed E-state index contributed by atoms with van der Waals surface area (Å²) in [7, 11) is 0. The second-order valence-electron chi connectivity index (χ2n) is 13.6. The van der Waals surface area contributed by atoms with Crippen molar-refractivity contribution in [2.75, 3.05) is 11.9 Å². The number of aromatic nitrogens is 3. The van der Waals surface area contributed by atoms with Gasteiger partial charge in [0.05, 0.1) is 10.9 Å². The lowest BCUT2D eigenvalue weighted by Gasteiger charge is -2.29. The molecule has 1 aliphatic rings. The number of amides is 3. The molecular weight excluding hydrogens is 628 g/mol. The number of alkyl carbamates (subject to hydrolysis) is 1. The van der Waals surface area contributed by atoms with Crippen LogP contribution in [0.15, 0.2) is 59.5 Å². The largest absolute Gasteiger partial charge is 0.477 e. The zero-order chi connectivity index (χ0) is 35.3. The van der Waals surface area contributed by atoms with Gasteiger partial charge in [-0.1, -0.05) is 24.3 Å². The fourth-order valence-electron chi connectivity index (χ4n) is 6.04. The van der Waals surface area contributed by atoms with E-state index in [1.807, 2.05) is 52.0 Å². The van der Waals surface area contributed by atoms with Crippen LogP contribution in [-0.2, 0) is 20.7 Å². The predicted molar refractivity (Wildman–Crippen MR) is 184 cm³/mol. The van der Waals surface area contributed by atoms with Crippen LogP contribution in [0.5, 0.6) is 0 Å². The lowest BCUT2D eigenvalue weighted by molar-refractivity contribution is -0.130. The number of ether oxygens (including phenoxy) is 1. The number of hydrogen-bond donors (Lipinski definition) is 6. The number of aryl methyl sites for hydroxylation is 1. The molecule has 2 heterocycles. The number of rotatable bonds is 10. The van der Waals surface area contributed by atoms with Crippen molar-refractivity contribution in [1.82, 2.24) is 25.8 Å². The van der Waals surface area contributed by atoms with Crippen molar-refractivity contribution in [1.29, 1.82) is 0 Å². The highest BCUT2D eigenvalue weighted by molar-refractivity contribution is 5.99. The smallest absolute Gasteiger partial charge is 0.407 e. The Balaban J connectivity index is 1.26. The van der Waals surface area contributed by atoms with Gasteiger partial charge in [-0.25, -0.2) is 14.6 Å². The SMILES string of the molecule is Cc1cc(C(=O)O)ncc1-c1ccc(C[C@H](NC(=O)C2CCC(CNC(=O)OC(C)(C)C)CC2)C(=O)Nc2ccc3c(=O)[nH][nH]c3c2)cc1. The second-order valence-corrected chi connectivity index (χ2v) is 13.6. The Labute approximate surface area is 283 Å². The van der Waals surface area contributed by atoms with E-state index in [4.69, 9.17) is 4.74 Å². The Morgan fingerprint density at radius 2 is 1.71 bits per heavy atom. The molecule has 0 radical (unpaired) electrons. The number of carbonyl (C=O) groups is 4. The molecule has 4 aromatic rings. The minimum Gasteiger partial charge on any atom is -0.477 e. The number of H-pyrrole nitrogens is 2. The van der Waals surface area contributed by atoms with E-state index in [1.165, 1.54) is 12.3 Å². The fourth-order valence-corrected chi connectivity index (χ4v) is 6.04. The van der Waals surface area contributed by atoms with E-state index in [2.05, 4.69) is 31.1 Å². The number of carboxylic acids is 1. The van der Waals surface area contributed by atoms with Crippen molar-refractivity contribution in [3.8, 4) is 11.1 Å². The van der Waals surface area contributed by atoms with Crippen molar-refractivity contribution >= 4 is 40.5 Å². The molecule has 0 aliphatic heterocycles. The van der Waals surface area contributed by atoms with Crippen LogP contribution in [-0.4, -0.2) is 62.4 Å². The molecule has 1 fully saturated rings. The maximum Gasteiger partial charge on any atom is 0.407 e. The van der Waals surface area contributed by atoms with E-state index in [0.717, 1.165) is 35.1 Å². The molecule has 13 heteroatoms. The maximum absolute atomic E-state index is 13.7. The van der Waals surface area contributed by atoms with Crippen LogP contribution >= 0.6 is 0 Å². The Kier molecular flexibility index (Phi) is 10.5. The molecule has 5 rings (SSSR count). The highest BCUT2D eigenvalue weighted by atomic mass is 16.6. The summed E-state index contributed by atoms with van der Waals surface area (Å²) in [5.41, 5.74) is 3.32. The summed E-state index contributed by atoms with van der Waals surface area (Å²) in [6.45, 7) is 7.72. The molecule has 0 unspecified atom stereocenters. The molecule has 49 heavy (non-hydrogen) atoms. The lowest BCUT2D eigenvalue weighted by Crippen LogP contribution is -2.48. The third-order valence-corrected chi connectivity index (χ3v) is 8.66. The van der Waals surface area contributed by atoms with Gasteiger partial charge in [-0.3, -0.25) is 24.6 Å². The average Bonchev–Trinajstić information content (AvgIpc) is 3.42. The van der Waals surface area contributed by atoms with E-state index < -0.39 is 29.6 Å². The summed E-state index contributed by atoms with van der Waals surface area (Å²) in [5.74, 6) is -1.76. The maximum atomic E-state index is 13.7. The monoisotopic (exact) mass is 670 g/mol. The molecule has 2 aromatic carbocycles. The zero-order valence-electron chi connectivity index (χ0n) is 28.0. The zero-order valence-corrected chi connectivity index (χ0v) is 28.0. The van der Waals surface area contributed by atoms with E-state index in [9.17, 15) is 29.1 Å². The molecule has 0 saturated heterocycles. The molecule has 3 amide bonds. The van der Waals surface area contributed by atoms with Gasteiger partial charge in [0.15, 0.2) is 0 Å². The fraction of sp³-hybridized carbons (Fsp3) is 0.389. The summed E-state index contributed by atoms with van der Waals surface area (Å²) in [4.78, 5) is 66.6. The number of benzene rings is 2. The normalized spacial score (nSPS) is 16.8. The summed E-state index contributed by atoms with van der Waals surface area (Å²) < 4.78 is 5.32. The molecule has 6 N–H and O–H groups in total. The first-order valence-corrected chi connectivity index (χ1v) is 16.3. The van der Waals surface area contributed by atoms with Crippen molar-refractivity contribution in [3.63, 3.8) is 0 Å². The number of carbonyl (C=O) groups excluding carboxylic acids is 3. The van der Waals surface area contributed by atoms with Gasteiger partial charge in [0, 0.05) is 36.3 Å². The summed E-state index contributed by atoms with van der Waals surface area (Å²) in [5, 5.41) is 23.7. The summed E-state index contributed by atoms with van der Waals surface area (Å²) in [6.07, 6.45) is 4.04. The highest BCUT2D eigenvalue weighted by Crippen LogP contribution is 2.29. The number of aromatic carboxylic acids is 1. The van der Waals surface area contributed by atoms with E-state index in [0.29, 0.717) is 36.0 Å². The predicted octanol–water partition coefficient (Wildman–Crippen LogP) is 4.92. The van der Waals surface area contributed by atoms with Gasteiger partial charge in [0.25, 0.3) is 5.56 Å². The molecule has 1 saturated carbocycles. The first-order valence-electron chi connectivity index (χ1n) is 16.3. The van der Waals surface area contributed by atoms with E-state index in [1.54, 1.807) is 18.2 Å². The molecule has 2 aromatic heterocycles. The quantitative estimate of drug-likeness (QED) is 0.137. The average molecular weight is 671 g/mol. The molecule has 1 aliphatic carbocycles. The number of anilines is 1. The lowest BCUT2D eigenvalue weighted by atomic mass is 9.81. The number of pyridine rings is 1. The molecule has 0 spiro atoms. The van der Waals surface area contributed by atoms with E-state index in [-0.39, 0.29) is 35.4 Å². The van der Waals surface area contributed by atoms with Crippen LogP contribution in [0.2, 0.25) is 0 Å². The molecule has 258 valence electrons. The first-order chi connectivity index (χ1) is 23.3. The number of carboxylic acid groups (broad SMARTS) is 1. The summed E-state index contributed by atoms with van der Waals surface area (Å²) >= 11 is 0. The highest BCUT2D eigenvalue weighted by Gasteiger charge is 2.30. The Hall–Kier alpha value is -5.46. The van der Waals surface area contributed by atoms with Crippen molar-refractivity contribution < 1.29 is 29.0 Å². The minimum atomic E-state index is -1.10. The van der Waals surface area contributed by atoms with Crippen LogP contribution in [0.25, 0.3) is 22.0 Å². The van der Waals surface area contributed by atoms with Gasteiger partial charge in [-0.2, -0.15) is 0 Å². The van der Waals surface area contributed by atoms with Crippen LogP contribution in [0.4, 0.5) is 10.5 Å². The number of aromatic amines is 2. The Morgan fingerprint density at radius 1 is 1.00 bits per heavy atom. The van der Waals surface area contributed by atoms with Gasteiger partial charge in [-0.15, -0.1) is 0 Å². The topological polar surface area (TPSA) is 195 Å². The van der Waals surface area contributed by atoms with Crippen LogP contribution < -0.4 is 21.5 Å². The van der Waals surface area contributed by atoms with Crippen molar-refractivity contribution in [2.24, 2.45) is 11.8 Å². The number of fused-ring (bicyclic) bond motifs is 1. The second kappa shape index (κ2) is 14.8. The molecule has 13 nitrogen and oxygen atoms in total. The molecular formula is C36H42N6O7. The van der Waals surface area contributed by atoms with Gasteiger partial charge in [-0.05, 0) is 100 Å². The standard InChI is InChI=1S/C36H42N6O7/c1-20-15-30(34(46)47)37-19-27(20)23-9-5-21(6-10-23)16-29(33(45)39-25-13-14-26-28(17-25)41-42-32(26)44)40-31(43)24-11-7-22(8-12-24)18-38-35(48)49-36(2,3)4/h5-6,9-10,13-15,17,19,22,24,29H,7-8,11-12,16,18H2,1-4H3,(H,38,48)(H,39,45)(H,40,43)(H,46,47)(H2,41,42,44)/t22?,24?,29-/m0/s1. The third-order valence-electron chi connectivity index (χ3n) is 8.66. The van der Waals surface area contributed by atoms with Gasteiger partial charge in [0.1, 0.15) is 17.3 Å². The summed E-state index contributed by atoms with van der Waals surface area (Å²) in [6, 6.07) is 13.0. The molecule has 0 bridgehead atoms. The third kappa shape index (κ3) is 9.12. The number of hydrogen-bond acceptors (Lipinski definition) is 7. The Morgan fingerprint density at radius 3 is 2.37 bits per heavy atom. The first kappa shape index (κ1) is 34.9. The molecule has 1 atom stereocenters. The minimum absolute atomic E-state index is 0.0320. The van der Waals surface area contributed by atoms with E-state index >= 15 is 0 Å². The van der Waals surface area contributed by atoms with Crippen LogP contribution in [0.1, 0.15) is 68.1 Å². The number of nitrogens with one attached hydrogen (secondary N) is 5. The van der Waals surface area contributed by atoms with Crippen LogP contribution in [0, 0.1) is 18.8 Å². The number of nitrogens with zero attached hydrogens (tertiary/aromatic N) is 1. The van der Waals surface area contributed by atoms with Gasteiger partial charge < -0.3 is 25.8 Å². The van der Waals surface area contributed by atoms with Crippen LogP contribution in [0.3, 0.4) is 0 Å². The van der Waals surface area contributed by atoms with Gasteiger partial charge >= 0.3 is 12.1 Å². The van der Waals surface area contributed by atoms with Crippen molar-refractivity contribution in [3.05, 3.63) is 81.9 Å². The van der Waals surface area contributed by atoms with Gasteiger partial charge in [0.2, 0.25) is 11.8 Å². The Bertz CT molecular complexity index is 1900. The van der Waals surface area contributed by atoms with Crippen molar-refractivity contribution in [2.45, 2.75) is 71.4 Å².